The molecule has 4 aromatic rings. The van der Waals surface area contributed by atoms with E-state index < -0.39 is 17.2 Å². The van der Waals surface area contributed by atoms with Crippen LogP contribution in [0.1, 0.15) is 16.2 Å². The molecular formula is C26H22FN3O4. The van der Waals surface area contributed by atoms with E-state index in [1.807, 2.05) is 24.3 Å². The minimum absolute atomic E-state index is 0.139. The molecule has 0 atom stereocenters. The van der Waals surface area contributed by atoms with E-state index in [9.17, 15) is 14.0 Å². The Morgan fingerprint density at radius 2 is 1.71 bits per heavy atom. The van der Waals surface area contributed by atoms with E-state index in [0.717, 1.165) is 11.1 Å². The molecule has 4 rings (SSSR count). The number of aryl methyl sites for hydroxylation is 1. The Morgan fingerprint density at radius 1 is 0.971 bits per heavy atom. The van der Waals surface area contributed by atoms with Crippen molar-refractivity contribution in [3.05, 3.63) is 100 Å². The maximum Gasteiger partial charge on any atom is 0.280 e. The Balaban J connectivity index is 1.68. The molecule has 1 N–H and O–H groups in total. The molecule has 34 heavy (non-hydrogen) atoms. The number of benzene rings is 3. The van der Waals surface area contributed by atoms with E-state index in [2.05, 4.69) is 10.4 Å². The molecule has 1 heterocycles. The number of halogens is 1. The molecular weight excluding hydrogens is 437 g/mol. The number of nitrogens with zero attached hydrogens (tertiary/aromatic N) is 2. The molecule has 0 radical (unpaired) electrons. The van der Waals surface area contributed by atoms with Crippen molar-refractivity contribution in [3.8, 4) is 28.3 Å². The van der Waals surface area contributed by atoms with Gasteiger partial charge >= 0.3 is 0 Å². The van der Waals surface area contributed by atoms with Crippen LogP contribution in [-0.2, 0) is 0 Å². The summed E-state index contributed by atoms with van der Waals surface area (Å²) in [7, 11) is 3.15. The monoisotopic (exact) mass is 459 g/mol. The van der Waals surface area contributed by atoms with Crippen molar-refractivity contribution in [2.75, 3.05) is 19.5 Å². The fraction of sp³-hybridized carbons (Fsp3) is 0.115. The molecule has 7 nitrogen and oxygen atoms in total. The summed E-state index contributed by atoms with van der Waals surface area (Å²) in [5, 5.41) is 6.85. The summed E-state index contributed by atoms with van der Waals surface area (Å²) in [6.45, 7) is 1.62. The lowest BCUT2D eigenvalue weighted by atomic mass is 10.0. The van der Waals surface area contributed by atoms with E-state index in [-0.39, 0.29) is 11.4 Å². The van der Waals surface area contributed by atoms with Gasteiger partial charge in [0.2, 0.25) is 5.43 Å². The van der Waals surface area contributed by atoms with Crippen LogP contribution in [0.4, 0.5) is 10.1 Å². The van der Waals surface area contributed by atoms with Gasteiger partial charge < -0.3 is 14.8 Å². The number of ether oxygens (including phenoxy) is 2. The highest BCUT2D eigenvalue weighted by molar-refractivity contribution is 6.03. The van der Waals surface area contributed by atoms with Crippen LogP contribution in [0.15, 0.2) is 77.6 Å². The van der Waals surface area contributed by atoms with Gasteiger partial charge in [-0.05, 0) is 55.0 Å². The number of carbonyl (C=O) groups is 1. The van der Waals surface area contributed by atoms with Crippen LogP contribution in [0.2, 0.25) is 0 Å². The average molecular weight is 459 g/mol. The molecule has 0 fully saturated rings. The molecule has 8 heteroatoms. The first-order valence-electron chi connectivity index (χ1n) is 10.4. The van der Waals surface area contributed by atoms with E-state index in [1.54, 1.807) is 51.5 Å². The minimum atomic E-state index is -0.707. The summed E-state index contributed by atoms with van der Waals surface area (Å²) in [5.41, 5.74) is 1.66. The van der Waals surface area contributed by atoms with Crippen molar-refractivity contribution in [2.45, 2.75) is 6.92 Å². The van der Waals surface area contributed by atoms with Gasteiger partial charge in [-0.15, -0.1) is 0 Å². The summed E-state index contributed by atoms with van der Waals surface area (Å²) in [5.74, 6) is 0.0932. The second-order valence-corrected chi connectivity index (χ2v) is 7.46. The second kappa shape index (κ2) is 9.58. The topological polar surface area (TPSA) is 82.5 Å². The maximum atomic E-state index is 14.3. The molecule has 0 saturated heterocycles. The van der Waals surface area contributed by atoms with Crippen LogP contribution in [0.25, 0.3) is 16.8 Å². The van der Waals surface area contributed by atoms with Gasteiger partial charge in [0, 0.05) is 23.0 Å². The lowest BCUT2D eigenvalue weighted by Crippen LogP contribution is -2.27. The van der Waals surface area contributed by atoms with E-state index in [1.165, 1.54) is 22.9 Å². The fourth-order valence-corrected chi connectivity index (χ4v) is 3.54. The first-order valence-corrected chi connectivity index (χ1v) is 10.4. The Hall–Kier alpha value is -4.46. The molecule has 1 amide bonds. The number of para-hydroxylation sites is 1. The van der Waals surface area contributed by atoms with Gasteiger partial charge in [-0.2, -0.15) is 5.10 Å². The Bertz CT molecular complexity index is 1410. The summed E-state index contributed by atoms with van der Waals surface area (Å²) >= 11 is 0. The molecule has 0 bridgehead atoms. The number of aromatic nitrogens is 2. The Morgan fingerprint density at radius 3 is 2.38 bits per heavy atom. The van der Waals surface area contributed by atoms with Gasteiger partial charge in [-0.1, -0.05) is 24.3 Å². The number of hydrogen-bond acceptors (Lipinski definition) is 5. The lowest BCUT2D eigenvalue weighted by molar-refractivity contribution is 0.101. The van der Waals surface area contributed by atoms with Crippen molar-refractivity contribution >= 4 is 11.6 Å². The zero-order valence-corrected chi connectivity index (χ0v) is 18.8. The largest absolute Gasteiger partial charge is 0.497 e. The second-order valence-electron chi connectivity index (χ2n) is 7.46. The molecule has 0 aliphatic heterocycles. The predicted molar refractivity (Wildman–Crippen MR) is 127 cm³/mol. The number of amides is 1. The van der Waals surface area contributed by atoms with Gasteiger partial charge in [-0.25, -0.2) is 9.07 Å². The maximum absolute atomic E-state index is 14.3. The number of nitrogens with one attached hydrogen (secondary N) is 1. The minimum Gasteiger partial charge on any atom is -0.497 e. The van der Waals surface area contributed by atoms with E-state index in [0.29, 0.717) is 22.9 Å². The van der Waals surface area contributed by atoms with Crippen LogP contribution in [0, 0.1) is 12.7 Å². The van der Waals surface area contributed by atoms with Gasteiger partial charge in [-0.3, -0.25) is 9.59 Å². The smallest absolute Gasteiger partial charge is 0.280 e. The number of rotatable bonds is 6. The van der Waals surface area contributed by atoms with Crippen LogP contribution in [0.5, 0.6) is 11.5 Å². The van der Waals surface area contributed by atoms with Crippen LogP contribution in [-0.4, -0.2) is 29.9 Å². The first-order chi connectivity index (χ1) is 16.4. The summed E-state index contributed by atoms with van der Waals surface area (Å²) < 4.78 is 26.2. The van der Waals surface area contributed by atoms with Crippen LogP contribution in [0.3, 0.4) is 0 Å². The standard InChI is InChI=1S/C26H22FN3O4/c1-16-14-23(31)25(29-30(16)22-7-5-4-6-21(22)27)26(32)28-18-10-13-24(34-3)20(15-18)17-8-11-19(33-2)12-9-17/h4-15H,1-3H3,(H,28,32). The van der Waals surface area contributed by atoms with Crippen molar-refractivity contribution in [1.82, 2.24) is 9.78 Å². The molecule has 0 saturated carbocycles. The van der Waals surface area contributed by atoms with E-state index in [4.69, 9.17) is 9.47 Å². The lowest BCUT2D eigenvalue weighted by Gasteiger charge is -2.14. The molecule has 0 spiro atoms. The number of methoxy groups -OCH3 is 2. The summed E-state index contributed by atoms with van der Waals surface area (Å²) in [6, 6.07) is 19.8. The Labute approximate surface area is 195 Å². The van der Waals surface area contributed by atoms with Crippen LogP contribution >= 0.6 is 0 Å². The average Bonchev–Trinajstić information content (AvgIpc) is 2.84. The summed E-state index contributed by atoms with van der Waals surface area (Å²) in [4.78, 5) is 25.5. The SMILES string of the molecule is COc1ccc(-c2cc(NC(=O)c3nn(-c4ccccc4F)c(C)cc3=O)ccc2OC)cc1. The highest BCUT2D eigenvalue weighted by atomic mass is 19.1. The Kier molecular flexibility index (Phi) is 6.40. The predicted octanol–water partition coefficient (Wildman–Crippen LogP) is 4.62. The zero-order chi connectivity index (χ0) is 24.2. The van der Waals surface area contributed by atoms with Crippen molar-refractivity contribution < 1.29 is 18.7 Å². The van der Waals surface area contributed by atoms with Crippen molar-refractivity contribution in [1.29, 1.82) is 0 Å². The van der Waals surface area contributed by atoms with E-state index >= 15 is 0 Å². The van der Waals surface area contributed by atoms with Gasteiger partial charge in [0.15, 0.2) is 5.69 Å². The van der Waals surface area contributed by atoms with Crippen LogP contribution < -0.4 is 20.2 Å². The number of carbonyl (C=O) groups excluding carboxylic acids is 1. The number of hydrogen-bond donors (Lipinski definition) is 1. The van der Waals surface area contributed by atoms with Crippen molar-refractivity contribution in [2.24, 2.45) is 0 Å². The molecule has 0 unspecified atom stereocenters. The third kappa shape index (κ3) is 4.52. The molecule has 0 aliphatic carbocycles. The van der Waals surface area contributed by atoms with Crippen molar-refractivity contribution in [3.63, 3.8) is 0 Å². The normalized spacial score (nSPS) is 10.6. The third-order valence-electron chi connectivity index (χ3n) is 5.26. The van der Waals surface area contributed by atoms with Gasteiger partial charge in [0.25, 0.3) is 5.91 Å². The highest BCUT2D eigenvalue weighted by Crippen LogP contribution is 2.33. The third-order valence-corrected chi connectivity index (χ3v) is 5.26. The summed E-state index contributed by atoms with van der Waals surface area (Å²) in [6.07, 6.45) is 0. The molecule has 1 aromatic heterocycles. The fourth-order valence-electron chi connectivity index (χ4n) is 3.54. The molecule has 172 valence electrons. The van der Waals surface area contributed by atoms with Gasteiger partial charge in [0.1, 0.15) is 23.0 Å². The highest BCUT2D eigenvalue weighted by Gasteiger charge is 2.18. The first kappa shape index (κ1) is 22.7. The quantitative estimate of drug-likeness (QED) is 0.455. The number of anilines is 1. The molecule has 3 aromatic carbocycles. The van der Waals surface area contributed by atoms with Gasteiger partial charge in [0.05, 0.1) is 14.2 Å². The zero-order valence-electron chi connectivity index (χ0n) is 18.8. The molecule has 0 aliphatic rings.